The van der Waals surface area contributed by atoms with Crippen molar-refractivity contribution in [3.63, 3.8) is 0 Å². The lowest BCUT2D eigenvalue weighted by atomic mass is 10.1. The first-order valence-electron chi connectivity index (χ1n) is 5.87. The summed E-state index contributed by atoms with van der Waals surface area (Å²) >= 11 is 3.62. The Morgan fingerprint density at radius 2 is 1.50 bits per heavy atom. The highest BCUT2D eigenvalue weighted by molar-refractivity contribution is 9.10. The van der Waals surface area contributed by atoms with E-state index < -0.39 is 0 Å². The van der Waals surface area contributed by atoms with Gasteiger partial charge in [0.2, 0.25) is 0 Å². The van der Waals surface area contributed by atoms with Gasteiger partial charge in [-0.2, -0.15) is 0 Å². The summed E-state index contributed by atoms with van der Waals surface area (Å²) in [6.07, 6.45) is 0. The first-order valence-corrected chi connectivity index (χ1v) is 6.67. The lowest BCUT2D eigenvalue weighted by Gasteiger charge is -2.18. The molecule has 2 rings (SSSR count). The normalized spacial score (nSPS) is 10.7. The number of benzene rings is 1. The van der Waals surface area contributed by atoms with Crippen molar-refractivity contribution >= 4 is 15.9 Å². The van der Waals surface area contributed by atoms with Gasteiger partial charge >= 0.3 is 0 Å². The van der Waals surface area contributed by atoms with Crippen LogP contribution >= 0.6 is 15.9 Å². The molecule has 0 aliphatic rings. The molecule has 0 radical (unpaired) electrons. The van der Waals surface area contributed by atoms with Gasteiger partial charge in [-0.3, -0.25) is 4.79 Å². The van der Waals surface area contributed by atoms with Gasteiger partial charge in [0.25, 0.3) is 0 Å². The van der Waals surface area contributed by atoms with Crippen LogP contribution in [0.3, 0.4) is 0 Å². The molecule has 0 saturated carbocycles. The summed E-state index contributed by atoms with van der Waals surface area (Å²) in [7, 11) is 0. The van der Waals surface area contributed by atoms with Crippen molar-refractivity contribution in [3.05, 3.63) is 61.5 Å². The van der Waals surface area contributed by atoms with E-state index in [4.69, 9.17) is 0 Å². The van der Waals surface area contributed by atoms with E-state index in [0.717, 1.165) is 21.5 Å². The molecular formula is C15H16BrNO. The third-order valence-corrected chi connectivity index (χ3v) is 3.63. The molecule has 1 heterocycles. The average Bonchev–Trinajstić information content (AvgIpc) is 2.20. The number of hydrogen-bond acceptors (Lipinski definition) is 1. The summed E-state index contributed by atoms with van der Waals surface area (Å²) < 4.78 is 3.16. The summed E-state index contributed by atoms with van der Waals surface area (Å²) in [5.41, 5.74) is 5.48. The molecule has 3 heteroatoms. The van der Waals surface area contributed by atoms with Crippen LogP contribution in [-0.4, -0.2) is 4.57 Å². The van der Waals surface area contributed by atoms with Crippen LogP contribution in [0, 0.1) is 27.7 Å². The van der Waals surface area contributed by atoms with E-state index in [-0.39, 0.29) is 5.43 Å². The summed E-state index contributed by atoms with van der Waals surface area (Å²) in [6.45, 7) is 8.08. The zero-order valence-corrected chi connectivity index (χ0v) is 12.6. The highest BCUT2D eigenvalue weighted by Crippen LogP contribution is 2.28. The first kappa shape index (κ1) is 13.1. The molecule has 0 atom stereocenters. The lowest BCUT2D eigenvalue weighted by Crippen LogP contribution is -2.12. The van der Waals surface area contributed by atoms with E-state index >= 15 is 0 Å². The Bertz CT molecular complexity index is 621. The molecule has 1 aromatic carbocycles. The SMILES string of the molecule is Cc1cc(C)c(-n2c(C)cc(=O)cc2C)c(Br)c1. The molecule has 94 valence electrons. The van der Waals surface area contributed by atoms with Gasteiger partial charge < -0.3 is 4.57 Å². The maximum atomic E-state index is 11.5. The van der Waals surface area contributed by atoms with Gasteiger partial charge in [0.1, 0.15) is 0 Å². The lowest BCUT2D eigenvalue weighted by molar-refractivity contribution is 0.908. The van der Waals surface area contributed by atoms with Crippen LogP contribution in [0.15, 0.2) is 33.5 Å². The van der Waals surface area contributed by atoms with E-state index in [2.05, 4.69) is 46.5 Å². The second-order valence-corrected chi connectivity index (χ2v) is 5.58. The Balaban J connectivity index is 2.82. The molecule has 0 amide bonds. The van der Waals surface area contributed by atoms with Crippen LogP contribution in [0.2, 0.25) is 0 Å². The van der Waals surface area contributed by atoms with Gasteiger partial charge in [0.15, 0.2) is 5.43 Å². The predicted octanol–water partition coefficient (Wildman–Crippen LogP) is 3.83. The number of rotatable bonds is 1. The predicted molar refractivity (Wildman–Crippen MR) is 78.7 cm³/mol. The molecule has 0 saturated heterocycles. The second kappa shape index (κ2) is 4.73. The molecule has 2 nitrogen and oxygen atoms in total. The van der Waals surface area contributed by atoms with E-state index in [9.17, 15) is 4.79 Å². The van der Waals surface area contributed by atoms with E-state index in [0.29, 0.717) is 0 Å². The van der Waals surface area contributed by atoms with Gasteiger partial charge in [0.05, 0.1) is 5.69 Å². The molecular weight excluding hydrogens is 290 g/mol. The maximum absolute atomic E-state index is 11.5. The van der Waals surface area contributed by atoms with Gasteiger partial charge in [-0.15, -0.1) is 0 Å². The highest BCUT2D eigenvalue weighted by Gasteiger charge is 2.11. The Hall–Kier alpha value is -1.35. The number of aryl methyl sites for hydroxylation is 4. The second-order valence-electron chi connectivity index (χ2n) is 4.72. The van der Waals surface area contributed by atoms with Gasteiger partial charge in [-0.25, -0.2) is 0 Å². The van der Waals surface area contributed by atoms with Crippen molar-refractivity contribution < 1.29 is 0 Å². The molecule has 18 heavy (non-hydrogen) atoms. The van der Waals surface area contributed by atoms with Gasteiger partial charge in [0, 0.05) is 28.0 Å². The molecule has 0 N–H and O–H groups in total. The third kappa shape index (κ3) is 2.27. The highest BCUT2D eigenvalue weighted by atomic mass is 79.9. The topological polar surface area (TPSA) is 22.0 Å². The molecule has 0 fully saturated rings. The van der Waals surface area contributed by atoms with Gasteiger partial charge in [-0.1, -0.05) is 6.07 Å². The smallest absolute Gasteiger partial charge is 0.182 e. The zero-order valence-electron chi connectivity index (χ0n) is 11.0. The van der Waals surface area contributed by atoms with Crippen LogP contribution in [0.25, 0.3) is 5.69 Å². The fourth-order valence-electron chi connectivity index (χ4n) is 2.40. The Kier molecular flexibility index (Phi) is 3.44. The van der Waals surface area contributed by atoms with Crippen molar-refractivity contribution in [2.24, 2.45) is 0 Å². The van der Waals surface area contributed by atoms with Crippen LogP contribution in [0.5, 0.6) is 0 Å². The van der Waals surface area contributed by atoms with E-state index in [1.165, 1.54) is 11.1 Å². The van der Waals surface area contributed by atoms with Crippen LogP contribution in [-0.2, 0) is 0 Å². The minimum atomic E-state index is 0.0575. The first-order chi connectivity index (χ1) is 8.40. The number of aromatic nitrogens is 1. The summed E-state index contributed by atoms with van der Waals surface area (Å²) in [6, 6.07) is 7.58. The fourth-order valence-corrected chi connectivity index (χ4v) is 3.26. The minimum absolute atomic E-state index is 0.0575. The van der Waals surface area contributed by atoms with Crippen molar-refractivity contribution in [2.75, 3.05) is 0 Å². The minimum Gasteiger partial charge on any atom is -0.317 e. The summed E-state index contributed by atoms with van der Waals surface area (Å²) in [4.78, 5) is 11.5. The molecule has 0 aliphatic carbocycles. The number of hydrogen-bond donors (Lipinski definition) is 0. The summed E-state index contributed by atoms with van der Waals surface area (Å²) in [5, 5.41) is 0. The standard InChI is InChI=1S/C15H16BrNO/c1-9-5-10(2)15(14(16)6-9)17-11(3)7-13(18)8-12(17)4/h5-8H,1-4H3. The molecule has 0 spiro atoms. The Morgan fingerprint density at radius 1 is 0.944 bits per heavy atom. The van der Waals surface area contributed by atoms with E-state index in [1.54, 1.807) is 12.1 Å². The van der Waals surface area contributed by atoms with Crippen molar-refractivity contribution in [1.82, 2.24) is 4.57 Å². The molecule has 0 unspecified atom stereocenters. The Labute approximate surface area is 115 Å². The monoisotopic (exact) mass is 305 g/mol. The van der Waals surface area contributed by atoms with Crippen molar-refractivity contribution in [3.8, 4) is 5.69 Å². The van der Waals surface area contributed by atoms with Crippen LogP contribution < -0.4 is 5.43 Å². The van der Waals surface area contributed by atoms with Gasteiger partial charge in [-0.05, 0) is 60.8 Å². The molecule has 0 bridgehead atoms. The number of nitrogens with zero attached hydrogens (tertiary/aromatic N) is 1. The van der Waals surface area contributed by atoms with Crippen molar-refractivity contribution in [2.45, 2.75) is 27.7 Å². The van der Waals surface area contributed by atoms with Crippen LogP contribution in [0.4, 0.5) is 0 Å². The van der Waals surface area contributed by atoms with Crippen molar-refractivity contribution in [1.29, 1.82) is 0 Å². The largest absolute Gasteiger partial charge is 0.317 e. The average molecular weight is 306 g/mol. The summed E-state index contributed by atoms with van der Waals surface area (Å²) in [5.74, 6) is 0. The third-order valence-electron chi connectivity index (χ3n) is 3.03. The maximum Gasteiger partial charge on any atom is 0.182 e. The molecule has 2 aromatic rings. The molecule has 1 aromatic heterocycles. The zero-order chi connectivity index (χ0) is 13.4. The van der Waals surface area contributed by atoms with Crippen LogP contribution in [0.1, 0.15) is 22.5 Å². The quantitative estimate of drug-likeness (QED) is 0.785. The Morgan fingerprint density at radius 3 is 2.00 bits per heavy atom. The number of halogens is 1. The van der Waals surface area contributed by atoms with E-state index in [1.807, 2.05) is 13.8 Å². The fraction of sp³-hybridized carbons (Fsp3) is 0.267. The molecule has 0 aliphatic heterocycles. The number of pyridine rings is 1.